The minimum atomic E-state index is -1.65. The van der Waals surface area contributed by atoms with Gasteiger partial charge in [0.25, 0.3) is 0 Å². The predicted octanol–water partition coefficient (Wildman–Crippen LogP) is 4.09. The van der Waals surface area contributed by atoms with Gasteiger partial charge in [0.05, 0.1) is 42.3 Å². The predicted molar refractivity (Wildman–Crippen MR) is 126 cm³/mol. The van der Waals surface area contributed by atoms with Gasteiger partial charge in [0.2, 0.25) is 5.91 Å². The third kappa shape index (κ3) is 4.33. The minimum Gasteiger partial charge on any atom is -0.478 e. The van der Waals surface area contributed by atoms with Gasteiger partial charge in [-0.3, -0.25) is 9.48 Å². The van der Waals surface area contributed by atoms with E-state index in [1.807, 2.05) is 0 Å². The molecule has 1 unspecified atom stereocenters. The molecule has 198 valence electrons. The number of aromatic nitrogens is 2. The summed E-state index contributed by atoms with van der Waals surface area (Å²) in [6.45, 7) is 2.07. The normalized spacial score (nSPS) is 19.0. The second-order valence-electron chi connectivity index (χ2n) is 9.23. The number of nitrogens with one attached hydrogen (secondary N) is 1. The van der Waals surface area contributed by atoms with Gasteiger partial charge in [-0.1, -0.05) is 12.1 Å². The van der Waals surface area contributed by atoms with E-state index < -0.39 is 52.8 Å². The molecule has 3 aromatic rings. The summed E-state index contributed by atoms with van der Waals surface area (Å²) in [4.78, 5) is 40.4. The van der Waals surface area contributed by atoms with Crippen LogP contribution in [0.25, 0.3) is 0 Å². The van der Waals surface area contributed by atoms with Crippen molar-refractivity contribution < 1.29 is 37.1 Å². The number of benzene rings is 2. The molecule has 1 aromatic heterocycles. The molecule has 2 aliphatic rings. The monoisotopic (exact) mass is 531 g/mol. The van der Waals surface area contributed by atoms with Gasteiger partial charge in [0, 0.05) is 36.7 Å². The largest absolute Gasteiger partial charge is 0.478 e. The van der Waals surface area contributed by atoms with E-state index in [4.69, 9.17) is 0 Å². The zero-order valence-electron chi connectivity index (χ0n) is 19.9. The second-order valence-corrected chi connectivity index (χ2v) is 9.23. The molecule has 1 fully saturated rings. The molecule has 0 radical (unpaired) electrons. The molecular weight excluding hydrogens is 510 g/mol. The SMILES string of the molecule is C[C@H]1Cn2ncc(N3CC(c4cccc(F)c4C(=O)O)CC3=O)c2CN1C(=O)Nc1cc(F)c(F)c(F)c1. The molecule has 2 N–H and O–H groups in total. The standard InChI is InChI=1S/C25H21F4N5O4/c1-12-9-34-20(11-32(12)25(38)31-14-6-17(27)23(29)18(28)7-14)19(8-30-34)33-10-13(5-21(33)35)15-3-2-4-16(26)22(15)24(36)37/h2-4,6-8,12-13H,5,9-11H2,1H3,(H,31,38)(H,36,37)/t12-,13?/m0/s1. The fourth-order valence-corrected chi connectivity index (χ4v) is 4.96. The Balaban J connectivity index is 1.38. The summed E-state index contributed by atoms with van der Waals surface area (Å²) in [6, 6.07) is 4.17. The van der Waals surface area contributed by atoms with Gasteiger partial charge in [0.15, 0.2) is 17.5 Å². The smallest absolute Gasteiger partial charge is 0.338 e. The van der Waals surface area contributed by atoms with Crippen molar-refractivity contribution in [3.8, 4) is 0 Å². The van der Waals surface area contributed by atoms with Crippen LogP contribution in [0.3, 0.4) is 0 Å². The van der Waals surface area contributed by atoms with E-state index in [1.54, 1.807) is 11.6 Å². The molecule has 5 rings (SSSR count). The van der Waals surface area contributed by atoms with Crippen molar-refractivity contribution in [3.63, 3.8) is 0 Å². The number of hydrogen-bond acceptors (Lipinski definition) is 4. The first-order valence-corrected chi connectivity index (χ1v) is 11.6. The van der Waals surface area contributed by atoms with Crippen molar-refractivity contribution in [1.82, 2.24) is 14.7 Å². The van der Waals surface area contributed by atoms with E-state index >= 15 is 0 Å². The quantitative estimate of drug-likeness (QED) is 0.390. The van der Waals surface area contributed by atoms with Crippen LogP contribution in [-0.2, 0) is 17.9 Å². The van der Waals surface area contributed by atoms with Gasteiger partial charge in [-0.25, -0.2) is 27.2 Å². The maximum Gasteiger partial charge on any atom is 0.338 e. The average molecular weight is 531 g/mol. The third-order valence-electron chi connectivity index (χ3n) is 6.83. The maximum atomic E-state index is 14.2. The summed E-state index contributed by atoms with van der Waals surface area (Å²) < 4.78 is 56.3. The topological polar surface area (TPSA) is 108 Å². The molecule has 3 amide bonds. The van der Waals surface area contributed by atoms with Crippen LogP contribution in [0.15, 0.2) is 36.5 Å². The molecule has 0 aliphatic carbocycles. The average Bonchev–Trinajstić information content (AvgIpc) is 3.43. The summed E-state index contributed by atoms with van der Waals surface area (Å²) in [5.41, 5.74) is 0.396. The van der Waals surface area contributed by atoms with Crippen LogP contribution < -0.4 is 10.2 Å². The zero-order valence-corrected chi connectivity index (χ0v) is 19.9. The summed E-state index contributed by atoms with van der Waals surface area (Å²) in [6.07, 6.45) is 1.43. The van der Waals surface area contributed by atoms with E-state index in [9.17, 15) is 37.1 Å². The second kappa shape index (κ2) is 9.47. The molecule has 0 spiro atoms. The van der Waals surface area contributed by atoms with Crippen molar-refractivity contribution >= 4 is 29.3 Å². The number of nitrogens with zero attached hydrogens (tertiary/aromatic N) is 4. The Hall–Kier alpha value is -4.42. The van der Waals surface area contributed by atoms with Gasteiger partial charge in [-0.05, 0) is 18.6 Å². The summed E-state index contributed by atoms with van der Waals surface area (Å²) in [5, 5.41) is 16.2. The Morgan fingerprint density at radius 3 is 2.47 bits per heavy atom. The number of halogens is 4. The number of amides is 3. The lowest BCUT2D eigenvalue weighted by Gasteiger charge is -2.35. The first-order valence-electron chi connectivity index (χ1n) is 11.6. The Morgan fingerprint density at radius 2 is 1.79 bits per heavy atom. The Morgan fingerprint density at radius 1 is 1.08 bits per heavy atom. The Labute approximate surface area is 213 Å². The van der Waals surface area contributed by atoms with Crippen LogP contribution in [0.4, 0.5) is 33.7 Å². The number of fused-ring (bicyclic) bond motifs is 1. The van der Waals surface area contributed by atoms with Crippen molar-refractivity contribution in [2.75, 3.05) is 16.8 Å². The van der Waals surface area contributed by atoms with E-state index in [0.29, 0.717) is 23.5 Å². The fraction of sp³-hybridized carbons (Fsp3) is 0.280. The van der Waals surface area contributed by atoms with Crippen LogP contribution in [0, 0.1) is 23.3 Å². The van der Waals surface area contributed by atoms with Crippen molar-refractivity contribution in [2.45, 2.75) is 38.4 Å². The van der Waals surface area contributed by atoms with Crippen molar-refractivity contribution in [2.24, 2.45) is 0 Å². The van der Waals surface area contributed by atoms with E-state index in [1.165, 1.54) is 28.1 Å². The Kier molecular flexibility index (Phi) is 6.29. The highest BCUT2D eigenvalue weighted by atomic mass is 19.2. The van der Waals surface area contributed by atoms with Crippen LogP contribution >= 0.6 is 0 Å². The third-order valence-corrected chi connectivity index (χ3v) is 6.83. The number of carbonyl (C=O) groups is 3. The zero-order chi connectivity index (χ0) is 27.3. The molecular formula is C25H21F4N5O4. The van der Waals surface area contributed by atoms with Crippen molar-refractivity contribution in [3.05, 3.63) is 76.6 Å². The number of carboxylic acids is 1. The highest BCUT2D eigenvalue weighted by molar-refractivity contribution is 5.98. The number of carbonyl (C=O) groups excluding carboxylic acids is 2. The summed E-state index contributed by atoms with van der Waals surface area (Å²) in [7, 11) is 0. The van der Waals surface area contributed by atoms with Gasteiger partial charge in [0.1, 0.15) is 5.82 Å². The molecule has 2 aliphatic heterocycles. The van der Waals surface area contributed by atoms with Crippen LogP contribution in [0.5, 0.6) is 0 Å². The van der Waals surface area contributed by atoms with Crippen LogP contribution in [0.2, 0.25) is 0 Å². The number of aromatic carboxylic acids is 1. The first-order chi connectivity index (χ1) is 18.0. The number of carboxylic acid groups (broad SMARTS) is 1. The Bertz CT molecular complexity index is 1450. The summed E-state index contributed by atoms with van der Waals surface area (Å²) >= 11 is 0. The van der Waals surface area contributed by atoms with Gasteiger partial charge >= 0.3 is 12.0 Å². The summed E-state index contributed by atoms with van der Waals surface area (Å²) in [5.74, 6) is -7.75. The molecule has 1 saturated heterocycles. The lowest BCUT2D eigenvalue weighted by molar-refractivity contribution is -0.117. The fourth-order valence-electron chi connectivity index (χ4n) is 4.96. The van der Waals surface area contributed by atoms with Gasteiger partial charge in [-0.2, -0.15) is 5.10 Å². The number of hydrogen-bond donors (Lipinski definition) is 2. The van der Waals surface area contributed by atoms with Crippen LogP contribution in [0.1, 0.15) is 40.9 Å². The number of anilines is 2. The van der Waals surface area contributed by atoms with Gasteiger partial charge < -0.3 is 20.2 Å². The number of urea groups is 1. The minimum absolute atomic E-state index is 0.0106. The molecule has 38 heavy (non-hydrogen) atoms. The van der Waals surface area contributed by atoms with E-state index in [2.05, 4.69) is 10.4 Å². The van der Waals surface area contributed by atoms with Crippen molar-refractivity contribution in [1.29, 1.82) is 0 Å². The molecule has 0 bridgehead atoms. The first kappa shape index (κ1) is 25.2. The maximum absolute atomic E-state index is 14.2. The lowest BCUT2D eigenvalue weighted by atomic mass is 9.93. The van der Waals surface area contributed by atoms with E-state index in [-0.39, 0.29) is 43.2 Å². The van der Waals surface area contributed by atoms with E-state index in [0.717, 1.165) is 6.07 Å². The molecule has 0 saturated carbocycles. The van der Waals surface area contributed by atoms with Gasteiger partial charge in [-0.15, -0.1) is 0 Å². The molecule has 9 nitrogen and oxygen atoms in total. The van der Waals surface area contributed by atoms with Crippen LogP contribution in [-0.4, -0.2) is 50.3 Å². The molecule has 13 heteroatoms. The molecule has 2 atom stereocenters. The number of rotatable bonds is 4. The highest BCUT2D eigenvalue weighted by Crippen LogP contribution is 2.37. The highest BCUT2D eigenvalue weighted by Gasteiger charge is 2.38. The lowest BCUT2D eigenvalue weighted by Crippen LogP contribution is -2.47. The molecule has 2 aromatic carbocycles. The molecule has 3 heterocycles.